The summed E-state index contributed by atoms with van der Waals surface area (Å²) in [6.45, 7) is 7.02. The van der Waals surface area contributed by atoms with Gasteiger partial charge in [-0.05, 0) is 49.6 Å². The van der Waals surface area contributed by atoms with Crippen LogP contribution < -0.4 is 15.8 Å². The van der Waals surface area contributed by atoms with E-state index in [1.54, 1.807) is 16.7 Å². The summed E-state index contributed by atoms with van der Waals surface area (Å²) in [5.74, 6) is -0.506. The molecular weight excluding hydrogens is 432 g/mol. The highest BCUT2D eigenvalue weighted by atomic mass is 16.4. The molecule has 0 unspecified atom stereocenters. The summed E-state index contributed by atoms with van der Waals surface area (Å²) in [5.41, 5.74) is 5.33. The summed E-state index contributed by atoms with van der Waals surface area (Å²) < 4.78 is 1.58. The summed E-state index contributed by atoms with van der Waals surface area (Å²) in [6, 6.07) is 11.4. The summed E-state index contributed by atoms with van der Waals surface area (Å²) in [6.07, 6.45) is 3.22. The first-order valence-corrected chi connectivity index (χ1v) is 11.0. The molecule has 172 valence electrons. The van der Waals surface area contributed by atoms with Gasteiger partial charge in [-0.25, -0.2) is 9.78 Å². The van der Waals surface area contributed by atoms with Gasteiger partial charge in [0.25, 0.3) is 5.56 Å². The number of nitrogens with one attached hydrogen (secondary N) is 1. The number of hydrogen-bond acceptors (Lipinski definition) is 7. The number of carbonyl (C=O) groups is 1. The molecule has 5 rings (SSSR count). The van der Waals surface area contributed by atoms with Crippen molar-refractivity contribution in [3.8, 4) is 0 Å². The van der Waals surface area contributed by atoms with Crippen LogP contribution in [-0.2, 0) is 13.1 Å². The fraction of sp³-hybridized carbons (Fsp3) is 0.240. The molecule has 34 heavy (non-hydrogen) atoms. The molecule has 0 aliphatic carbocycles. The molecule has 0 saturated heterocycles. The summed E-state index contributed by atoms with van der Waals surface area (Å²) >= 11 is 0. The summed E-state index contributed by atoms with van der Waals surface area (Å²) in [5, 5.41) is 20.1. The predicted octanol–water partition coefficient (Wildman–Crippen LogP) is 3.49. The van der Waals surface area contributed by atoms with Gasteiger partial charge in [0.15, 0.2) is 5.69 Å². The molecule has 1 aromatic carbocycles. The molecule has 0 spiro atoms. The Labute approximate surface area is 195 Å². The second-order valence-corrected chi connectivity index (χ2v) is 8.62. The molecule has 1 atom stereocenters. The summed E-state index contributed by atoms with van der Waals surface area (Å²) in [4.78, 5) is 32.0. The molecule has 4 heterocycles. The number of carboxylic acid groups (broad SMARTS) is 1. The zero-order chi connectivity index (χ0) is 24.0. The van der Waals surface area contributed by atoms with E-state index in [0.29, 0.717) is 35.8 Å². The minimum atomic E-state index is -1.17. The Morgan fingerprint density at radius 2 is 1.85 bits per heavy atom. The zero-order valence-corrected chi connectivity index (χ0v) is 19.1. The van der Waals surface area contributed by atoms with Gasteiger partial charge in [-0.2, -0.15) is 5.10 Å². The molecule has 4 aromatic rings. The van der Waals surface area contributed by atoms with Gasteiger partial charge in [-0.15, -0.1) is 5.10 Å². The van der Waals surface area contributed by atoms with Crippen molar-refractivity contribution in [1.82, 2.24) is 19.6 Å². The maximum Gasteiger partial charge on any atom is 0.358 e. The van der Waals surface area contributed by atoms with Crippen LogP contribution in [0.25, 0.3) is 5.65 Å². The van der Waals surface area contributed by atoms with Crippen molar-refractivity contribution in [1.29, 1.82) is 0 Å². The van der Waals surface area contributed by atoms with E-state index in [0.717, 1.165) is 11.1 Å². The number of anilines is 2. The summed E-state index contributed by atoms with van der Waals surface area (Å²) in [7, 11) is 0. The predicted molar refractivity (Wildman–Crippen MR) is 128 cm³/mol. The Morgan fingerprint density at radius 1 is 1.15 bits per heavy atom. The third kappa shape index (κ3) is 3.64. The normalized spacial score (nSPS) is 13.7. The minimum absolute atomic E-state index is 0.120. The number of aryl methyl sites for hydroxylation is 1. The van der Waals surface area contributed by atoms with Crippen molar-refractivity contribution in [3.63, 3.8) is 0 Å². The Balaban J connectivity index is 1.60. The van der Waals surface area contributed by atoms with Crippen LogP contribution in [0.4, 0.5) is 11.5 Å². The van der Waals surface area contributed by atoms with Crippen LogP contribution in [0.1, 0.15) is 51.3 Å². The van der Waals surface area contributed by atoms with Crippen molar-refractivity contribution in [3.05, 3.63) is 92.7 Å². The SMILES string of the molecule is Cc1cc([C@@H](C)Nc2ccnnc2C(=O)O)c2nc(N3Cc4ccccc4C3)c(C)c(=O)n2c1. The lowest BCUT2D eigenvalue weighted by atomic mass is 10.1. The highest BCUT2D eigenvalue weighted by Crippen LogP contribution is 2.30. The number of fused-ring (bicyclic) bond motifs is 2. The molecule has 0 amide bonds. The molecule has 0 radical (unpaired) electrons. The molecule has 2 N–H and O–H groups in total. The van der Waals surface area contributed by atoms with E-state index in [-0.39, 0.29) is 17.3 Å². The van der Waals surface area contributed by atoms with E-state index in [4.69, 9.17) is 4.98 Å². The van der Waals surface area contributed by atoms with Gasteiger partial charge in [0.1, 0.15) is 11.5 Å². The Morgan fingerprint density at radius 3 is 2.53 bits per heavy atom. The number of hydrogen-bond donors (Lipinski definition) is 2. The second kappa shape index (κ2) is 8.26. The lowest BCUT2D eigenvalue weighted by Gasteiger charge is -2.22. The number of pyridine rings is 1. The number of aromatic nitrogens is 4. The first kappa shape index (κ1) is 21.6. The van der Waals surface area contributed by atoms with Gasteiger partial charge in [0.05, 0.1) is 23.5 Å². The molecule has 9 nitrogen and oxygen atoms in total. The van der Waals surface area contributed by atoms with Gasteiger partial charge in [-0.3, -0.25) is 9.20 Å². The Kier molecular flexibility index (Phi) is 5.24. The standard InChI is InChI=1S/C25H24N6O3/c1-14-10-19(16(3)27-20-8-9-26-29-21(20)25(33)34)23-28-22(15(2)24(32)31(23)11-14)30-12-17-6-4-5-7-18(17)13-30/h4-11,16H,12-13H2,1-3H3,(H,26,27)(H,33,34)/t16-/m1/s1. The molecule has 9 heteroatoms. The first-order chi connectivity index (χ1) is 16.3. The van der Waals surface area contributed by atoms with Gasteiger partial charge < -0.3 is 15.3 Å². The van der Waals surface area contributed by atoms with Crippen LogP contribution >= 0.6 is 0 Å². The van der Waals surface area contributed by atoms with Gasteiger partial charge in [0, 0.05) is 24.8 Å². The topological polar surface area (TPSA) is 113 Å². The smallest absolute Gasteiger partial charge is 0.358 e. The van der Waals surface area contributed by atoms with Crippen LogP contribution in [0.5, 0.6) is 0 Å². The monoisotopic (exact) mass is 456 g/mol. The van der Waals surface area contributed by atoms with Crippen LogP contribution in [0, 0.1) is 13.8 Å². The number of carboxylic acids is 1. The van der Waals surface area contributed by atoms with Crippen LogP contribution in [-0.4, -0.2) is 30.7 Å². The largest absolute Gasteiger partial charge is 0.476 e. The highest BCUT2D eigenvalue weighted by molar-refractivity contribution is 5.91. The fourth-order valence-corrected chi connectivity index (χ4v) is 4.51. The molecule has 3 aromatic heterocycles. The molecule has 1 aliphatic rings. The molecule has 1 aliphatic heterocycles. The average molecular weight is 457 g/mol. The van der Waals surface area contributed by atoms with E-state index >= 15 is 0 Å². The lowest BCUT2D eigenvalue weighted by molar-refractivity contribution is 0.0690. The molecule has 0 fully saturated rings. The number of rotatable bonds is 5. The highest BCUT2D eigenvalue weighted by Gasteiger charge is 2.25. The Bertz CT molecular complexity index is 1470. The van der Waals surface area contributed by atoms with E-state index in [9.17, 15) is 14.7 Å². The third-order valence-corrected chi connectivity index (χ3v) is 6.19. The maximum absolute atomic E-state index is 13.4. The van der Waals surface area contributed by atoms with E-state index in [1.807, 2.05) is 39.0 Å². The lowest BCUT2D eigenvalue weighted by Crippen LogP contribution is -2.27. The van der Waals surface area contributed by atoms with Crippen LogP contribution in [0.3, 0.4) is 0 Å². The van der Waals surface area contributed by atoms with Crippen molar-refractivity contribution in [2.24, 2.45) is 0 Å². The van der Waals surface area contributed by atoms with E-state index in [2.05, 4.69) is 32.5 Å². The third-order valence-electron chi connectivity index (χ3n) is 6.19. The zero-order valence-electron chi connectivity index (χ0n) is 19.1. The van der Waals surface area contributed by atoms with Gasteiger partial charge in [0.2, 0.25) is 0 Å². The van der Waals surface area contributed by atoms with Crippen molar-refractivity contribution in [2.75, 3.05) is 10.2 Å². The molecule has 0 saturated carbocycles. The Hall–Kier alpha value is -4.27. The van der Waals surface area contributed by atoms with Crippen LogP contribution in [0.15, 0.2) is 53.6 Å². The van der Waals surface area contributed by atoms with Crippen molar-refractivity contribution in [2.45, 2.75) is 39.9 Å². The first-order valence-electron chi connectivity index (χ1n) is 11.0. The molecule has 0 bridgehead atoms. The van der Waals surface area contributed by atoms with Gasteiger partial charge >= 0.3 is 5.97 Å². The number of aromatic carboxylic acids is 1. The quantitative estimate of drug-likeness (QED) is 0.469. The van der Waals surface area contributed by atoms with Gasteiger partial charge in [-0.1, -0.05) is 24.3 Å². The van der Waals surface area contributed by atoms with Crippen LogP contribution in [0.2, 0.25) is 0 Å². The van der Waals surface area contributed by atoms with Crippen molar-refractivity contribution < 1.29 is 9.90 Å². The average Bonchev–Trinajstić information content (AvgIpc) is 3.25. The maximum atomic E-state index is 13.4. The number of benzene rings is 1. The number of nitrogens with zero attached hydrogens (tertiary/aromatic N) is 5. The van der Waals surface area contributed by atoms with E-state index in [1.165, 1.54) is 17.3 Å². The second-order valence-electron chi connectivity index (χ2n) is 8.62. The molecular formula is C25H24N6O3. The minimum Gasteiger partial charge on any atom is -0.476 e. The van der Waals surface area contributed by atoms with E-state index < -0.39 is 5.97 Å². The van der Waals surface area contributed by atoms with Crippen molar-refractivity contribution >= 4 is 23.1 Å². The fourth-order valence-electron chi connectivity index (χ4n) is 4.51.